The van der Waals surface area contributed by atoms with Gasteiger partial charge in [0, 0.05) is 29.5 Å². The maximum absolute atomic E-state index is 13.9. The van der Waals surface area contributed by atoms with Gasteiger partial charge in [0.15, 0.2) is 5.82 Å². The number of nitrogens with zero attached hydrogens (tertiary/aromatic N) is 4. The van der Waals surface area contributed by atoms with E-state index in [2.05, 4.69) is 31.4 Å². The fourth-order valence-corrected chi connectivity index (χ4v) is 3.32. The quantitative estimate of drug-likeness (QED) is 0.664. The van der Waals surface area contributed by atoms with Crippen molar-refractivity contribution in [2.45, 2.75) is 20.4 Å². The first-order valence-corrected chi connectivity index (χ1v) is 8.92. The van der Waals surface area contributed by atoms with Crippen molar-refractivity contribution >= 4 is 39.3 Å². The second kappa shape index (κ2) is 7.20. The van der Waals surface area contributed by atoms with Gasteiger partial charge in [0.25, 0.3) is 5.91 Å². The van der Waals surface area contributed by atoms with Gasteiger partial charge in [-0.3, -0.25) is 14.2 Å². The molecule has 2 heterocycles. The van der Waals surface area contributed by atoms with E-state index in [1.165, 1.54) is 10.7 Å². The van der Waals surface area contributed by atoms with Crippen molar-refractivity contribution in [3.05, 3.63) is 62.2 Å². The molecule has 1 N–H and O–H groups in total. The van der Waals surface area contributed by atoms with Gasteiger partial charge in [-0.1, -0.05) is 17.7 Å². The highest BCUT2D eigenvalue weighted by atomic mass is 79.9. The van der Waals surface area contributed by atoms with E-state index in [1.807, 2.05) is 6.92 Å². The maximum atomic E-state index is 13.9. The minimum Gasteiger partial charge on any atom is -0.304 e. The molecule has 0 aliphatic heterocycles. The van der Waals surface area contributed by atoms with Gasteiger partial charge < -0.3 is 5.32 Å². The lowest BCUT2D eigenvalue weighted by molar-refractivity contribution is 0.102. The zero-order chi connectivity index (χ0) is 19.0. The van der Waals surface area contributed by atoms with Crippen LogP contribution in [0.5, 0.6) is 0 Å². The molecular formula is C17H16BrClFN5O. The Balaban J connectivity index is 1.84. The average Bonchev–Trinajstić information content (AvgIpc) is 3.02. The molecule has 9 heteroatoms. The summed E-state index contributed by atoms with van der Waals surface area (Å²) in [5.41, 5.74) is 2.23. The van der Waals surface area contributed by atoms with Crippen LogP contribution in [0.1, 0.15) is 27.3 Å². The molecule has 26 heavy (non-hydrogen) atoms. The molecule has 0 saturated carbocycles. The second-order valence-corrected chi connectivity index (χ2v) is 7.11. The number of anilines is 1. The number of carbonyl (C=O) groups is 1. The number of hydrogen-bond acceptors (Lipinski definition) is 3. The Morgan fingerprint density at radius 2 is 2.08 bits per heavy atom. The Labute approximate surface area is 163 Å². The summed E-state index contributed by atoms with van der Waals surface area (Å²) in [5.74, 6) is -0.371. The first-order chi connectivity index (χ1) is 12.3. The van der Waals surface area contributed by atoms with Crippen LogP contribution in [0.2, 0.25) is 5.02 Å². The summed E-state index contributed by atoms with van der Waals surface area (Å²) in [7, 11) is 1.78. The SMILES string of the molecule is Cc1nn(C)c(C)c1C(=O)Nc1nn(Cc2c(F)cccc2Cl)cc1Br. The lowest BCUT2D eigenvalue weighted by Crippen LogP contribution is -2.15. The van der Waals surface area contributed by atoms with Crippen LogP contribution in [0, 0.1) is 19.7 Å². The van der Waals surface area contributed by atoms with Gasteiger partial charge >= 0.3 is 0 Å². The summed E-state index contributed by atoms with van der Waals surface area (Å²) < 4.78 is 17.7. The highest BCUT2D eigenvalue weighted by Gasteiger charge is 2.20. The largest absolute Gasteiger partial charge is 0.304 e. The molecule has 6 nitrogen and oxygen atoms in total. The number of aromatic nitrogens is 4. The topological polar surface area (TPSA) is 64.7 Å². The van der Waals surface area contributed by atoms with Crippen LogP contribution in [0.3, 0.4) is 0 Å². The van der Waals surface area contributed by atoms with Crippen LogP contribution in [0.25, 0.3) is 0 Å². The summed E-state index contributed by atoms with van der Waals surface area (Å²) in [6, 6.07) is 4.51. The van der Waals surface area contributed by atoms with E-state index in [0.717, 1.165) is 5.69 Å². The standard InChI is InChI=1S/C17H16BrClFN5O/c1-9-15(10(2)24(3)22-9)17(26)21-16-12(18)8-25(23-16)7-11-13(19)5-4-6-14(11)20/h4-6,8H,7H2,1-3H3,(H,21,23,26). The van der Waals surface area contributed by atoms with E-state index in [0.29, 0.717) is 32.1 Å². The van der Waals surface area contributed by atoms with Gasteiger partial charge in [-0.25, -0.2) is 4.39 Å². The number of rotatable bonds is 4. The van der Waals surface area contributed by atoms with Crippen LogP contribution in [0.15, 0.2) is 28.9 Å². The number of halogens is 3. The average molecular weight is 441 g/mol. The molecular weight excluding hydrogens is 425 g/mol. The molecule has 0 aliphatic rings. The van der Waals surface area contributed by atoms with Crippen LogP contribution in [0.4, 0.5) is 10.2 Å². The Bertz CT molecular complexity index is 977. The first kappa shape index (κ1) is 18.6. The van der Waals surface area contributed by atoms with Gasteiger partial charge in [0.2, 0.25) is 0 Å². The summed E-state index contributed by atoms with van der Waals surface area (Å²) in [5, 5.41) is 11.6. The van der Waals surface area contributed by atoms with E-state index in [4.69, 9.17) is 11.6 Å². The third-order valence-electron chi connectivity index (χ3n) is 4.07. The molecule has 0 spiro atoms. The molecule has 1 aromatic carbocycles. The van der Waals surface area contributed by atoms with Crippen molar-refractivity contribution in [3.63, 3.8) is 0 Å². The molecule has 2 aromatic heterocycles. The van der Waals surface area contributed by atoms with Crippen molar-refractivity contribution in [3.8, 4) is 0 Å². The Hall–Kier alpha value is -2.19. The third kappa shape index (κ3) is 3.52. The van der Waals surface area contributed by atoms with Gasteiger partial charge in [-0.15, -0.1) is 0 Å². The Morgan fingerprint density at radius 3 is 2.69 bits per heavy atom. The molecule has 136 valence electrons. The molecule has 0 aliphatic carbocycles. The zero-order valence-electron chi connectivity index (χ0n) is 14.3. The Morgan fingerprint density at radius 1 is 1.35 bits per heavy atom. The predicted molar refractivity (Wildman–Crippen MR) is 101 cm³/mol. The van der Waals surface area contributed by atoms with E-state index in [1.54, 1.807) is 37.0 Å². The predicted octanol–water partition coefficient (Wildman–Crippen LogP) is 4.09. The third-order valence-corrected chi connectivity index (χ3v) is 5.00. The number of carbonyl (C=O) groups excluding carboxylic acids is 1. The number of benzene rings is 1. The van der Waals surface area contributed by atoms with Gasteiger partial charge in [-0.05, 0) is 41.9 Å². The summed E-state index contributed by atoms with van der Waals surface area (Å²) in [6.45, 7) is 3.74. The fourth-order valence-electron chi connectivity index (χ4n) is 2.68. The number of aryl methyl sites for hydroxylation is 2. The van der Waals surface area contributed by atoms with Gasteiger partial charge in [0.1, 0.15) is 5.82 Å². The lowest BCUT2D eigenvalue weighted by atomic mass is 10.2. The van der Waals surface area contributed by atoms with Crippen molar-refractivity contribution in [1.82, 2.24) is 19.6 Å². The van der Waals surface area contributed by atoms with Gasteiger partial charge in [0.05, 0.1) is 22.3 Å². The molecule has 0 bridgehead atoms. The highest BCUT2D eigenvalue weighted by Crippen LogP contribution is 2.25. The van der Waals surface area contributed by atoms with Crippen molar-refractivity contribution in [1.29, 1.82) is 0 Å². The molecule has 0 saturated heterocycles. The van der Waals surface area contributed by atoms with Crippen molar-refractivity contribution in [2.24, 2.45) is 7.05 Å². The highest BCUT2D eigenvalue weighted by molar-refractivity contribution is 9.10. The molecule has 3 rings (SSSR count). The summed E-state index contributed by atoms with van der Waals surface area (Å²) in [6.07, 6.45) is 1.65. The second-order valence-electron chi connectivity index (χ2n) is 5.85. The fraction of sp³-hybridized carbons (Fsp3) is 0.235. The molecule has 0 radical (unpaired) electrons. The van der Waals surface area contributed by atoms with Gasteiger partial charge in [-0.2, -0.15) is 10.2 Å². The zero-order valence-corrected chi connectivity index (χ0v) is 16.7. The lowest BCUT2D eigenvalue weighted by Gasteiger charge is -2.06. The minimum absolute atomic E-state index is 0.144. The normalized spacial score (nSPS) is 11.0. The maximum Gasteiger partial charge on any atom is 0.260 e. The van der Waals surface area contributed by atoms with Crippen LogP contribution in [-0.4, -0.2) is 25.5 Å². The number of hydrogen-bond donors (Lipinski definition) is 1. The molecule has 3 aromatic rings. The molecule has 0 atom stereocenters. The minimum atomic E-state index is -0.406. The van der Waals surface area contributed by atoms with Crippen LogP contribution >= 0.6 is 27.5 Å². The number of nitrogens with one attached hydrogen (secondary N) is 1. The number of amides is 1. The van der Waals surface area contributed by atoms with E-state index >= 15 is 0 Å². The van der Waals surface area contributed by atoms with E-state index < -0.39 is 5.82 Å². The van der Waals surface area contributed by atoms with Crippen LogP contribution in [-0.2, 0) is 13.6 Å². The summed E-state index contributed by atoms with van der Waals surface area (Å²) in [4.78, 5) is 12.6. The molecule has 1 amide bonds. The van der Waals surface area contributed by atoms with Crippen LogP contribution < -0.4 is 5.32 Å². The summed E-state index contributed by atoms with van der Waals surface area (Å²) >= 11 is 9.42. The molecule has 0 unspecified atom stereocenters. The Kier molecular flexibility index (Phi) is 5.15. The van der Waals surface area contributed by atoms with Crippen molar-refractivity contribution in [2.75, 3.05) is 5.32 Å². The van der Waals surface area contributed by atoms with Crippen molar-refractivity contribution < 1.29 is 9.18 Å². The first-order valence-electron chi connectivity index (χ1n) is 7.75. The van der Waals surface area contributed by atoms with E-state index in [-0.39, 0.29) is 12.5 Å². The molecule has 0 fully saturated rings. The van der Waals surface area contributed by atoms with E-state index in [9.17, 15) is 9.18 Å². The smallest absolute Gasteiger partial charge is 0.260 e. The monoisotopic (exact) mass is 439 g/mol.